The fourth-order valence-electron chi connectivity index (χ4n) is 8.35. The van der Waals surface area contributed by atoms with Crippen LogP contribution in [0.5, 0.6) is 11.5 Å². The second kappa shape index (κ2) is 10.3. The molecule has 7 aromatic rings. The summed E-state index contributed by atoms with van der Waals surface area (Å²) in [5, 5.41) is 11.3. The molecule has 0 fully saturated rings. The zero-order valence-corrected chi connectivity index (χ0v) is 26.8. The van der Waals surface area contributed by atoms with Gasteiger partial charge in [0.2, 0.25) is 0 Å². The van der Waals surface area contributed by atoms with Crippen molar-refractivity contribution in [1.82, 2.24) is 9.97 Å². The number of aromatic nitrogens is 2. The smallest absolute Gasteiger partial charge is 0.141 e. The van der Waals surface area contributed by atoms with Crippen LogP contribution in [0.15, 0.2) is 145 Å². The molecule has 2 aromatic heterocycles. The van der Waals surface area contributed by atoms with Gasteiger partial charge in [-0.15, -0.1) is 0 Å². The zero-order chi connectivity index (χ0) is 32.7. The van der Waals surface area contributed by atoms with Crippen LogP contribution in [0.4, 0.5) is 0 Å². The Morgan fingerprint density at radius 2 is 1.33 bits per heavy atom. The van der Waals surface area contributed by atoms with Crippen LogP contribution in [0.3, 0.4) is 0 Å². The van der Waals surface area contributed by atoms with Crippen LogP contribution in [0.2, 0.25) is 0 Å². The average Bonchev–Trinajstić information content (AvgIpc) is 3.44. The number of para-hydroxylation sites is 2. The molecule has 49 heavy (non-hydrogen) atoms. The minimum absolute atomic E-state index is 0.434. The first-order chi connectivity index (χ1) is 24.1. The van der Waals surface area contributed by atoms with Gasteiger partial charge in [0.15, 0.2) is 0 Å². The maximum Gasteiger partial charge on any atom is 0.141 e. The highest BCUT2D eigenvalue weighted by Crippen LogP contribution is 2.64. The maximum absolute atomic E-state index is 9.28. The fraction of sp³-hybridized carbons (Fsp3) is 0.0889. The van der Waals surface area contributed by atoms with Crippen molar-refractivity contribution >= 4 is 27.4 Å². The Morgan fingerprint density at radius 1 is 0.673 bits per heavy atom. The third kappa shape index (κ3) is 3.90. The van der Waals surface area contributed by atoms with Crippen molar-refractivity contribution in [2.24, 2.45) is 5.92 Å². The zero-order valence-electron chi connectivity index (χ0n) is 26.8. The third-order valence-electron chi connectivity index (χ3n) is 10.5. The second-order valence-electron chi connectivity index (χ2n) is 13.3. The number of hydrogen-bond donors (Lipinski definition) is 0. The Bertz CT molecular complexity index is 2640. The molecule has 2 unspecified atom stereocenters. The number of fused-ring (bicyclic) bond motifs is 11. The molecular weight excluding hydrogens is 599 g/mol. The van der Waals surface area contributed by atoms with E-state index in [2.05, 4.69) is 122 Å². The Labute approximate surface area is 284 Å². The normalized spacial score (nSPS) is 18.5. The van der Waals surface area contributed by atoms with Crippen LogP contribution in [-0.2, 0) is 5.41 Å². The van der Waals surface area contributed by atoms with Crippen LogP contribution >= 0.6 is 0 Å². The maximum atomic E-state index is 9.28. The largest absolute Gasteiger partial charge is 0.456 e. The van der Waals surface area contributed by atoms with Crippen LogP contribution < -0.4 is 4.74 Å². The van der Waals surface area contributed by atoms with E-state index in [0.717, 1.165) is 67.8 Å². The van der Waals surface area contributed by atoms with Crippen molar-refractivity contribution in [2.75, 3.05) is 0 Å². The molecule has 2 atom stereocenters. The number of hydrogen-bond acceptors (Lipinski definition) is 4. The summed E-state index contributed by atoms with van der Waals surface area (Å²) in [4.78, 5) is 10.5. The van der Waals surface area contributed by atoms with Gasteiger partial charge in [0.25, 0.3) is 0 Å². The molecule has 0 bridgehead atoms. The van der Waals surface area contributed by atoms with Gasteiger partial charge < -0.3 is 4.74 Å². The van der Waals surface area contributed by atoms with Gasteiger partial charge in [-0.3, -0.25) is 0 Å². The van der Waals surface area contributed by atoms with Crippen molar-refractivity contribution in [3.8, 4) is 40.1 Å². The number of pyridine rings is 2. The molecule has 230 valence electrons. The molecule has 0 saturated carbocycles. The highest BCUT2D eigenvalue weighted by molar-refractivity contribution is 6.04. The van der Waals surface area contributed by atoms with Gasteiger partial charge in [0.1, 0.15) is 11.5 Å². The number of ether oxygens (including phenoxy) is 1. The molecular formula is C45H29N3O. The lowest BCUT2D eigenvalue weighted by atomic mass is 9.63. The lowest BCUT2D eigenvalue weighted by molar-refractivity contribution is 0.431. The van der Waals surface area contributed by atoms with Crippen LogP contribution in [-0.4, -0.2) is 9.97 Å². The molecule has 10 rings (SSSR count). The van der Waals surface area contributed by atoms with Crippen LogP contribution in [0.25, 0.3) is 49.9 Å². The van der Waals surface area contributed by atoms with E-state index in [1.54, 1.807) is 0 Å². The quantitative estimate of drug-likeness (QED) is 0.179. The Hall–Kier alpha value is -6.31. The molecule has 3 aliphatic rings. The Morgan fingerprint density at radius 3 is 2.12 bits per heavy atom. The van der Waals surface area contributed by atoms with Gasteiger partial charge in [0.05, 0.1) is 39.5 Å². The molecule has 1 aliphatic heterocycles. The standard InChI is InChI=1S/C45H29N3O/c1-27-13-22-33-32-7-2-3-9-35(32)45(38(33)25-27)36-10-4-5-12-41(36)49-44-34(8-6-11-37(44)45)40-24-21-31-19-18-30-20-23-39(47-42(30)43(31)48-40)29-16-14-28(26-46)15-17-29/h2-24,27H,25H2,1H3. The monoisotopic (exact) mass is 627 g/mol. The van der Waals surface area contributed by atoms with E-state index in [1.165, 1.54) is 27.8 Å². The summed E-state index contributed by atoms with van der Waals surface area (Å²) in [6.07, 6.45) is 5.67. The van der Waals surface area contributed by atoms with Crippen molar-refractivity contribution in [2.45, 2.75) is 18.8 Å². The van der Waals surface area contributed by atoms with Crippen LogP contribution in [0, 0.1) is 17.2 Å². The highest BCUT2D eigenvalue weighted by Gasteiger charge is 2.52. The van der Waals surface area contributed by atoms with E-state index in [9.17, 15) is 5.26 Å². The fourth-order valence-corrected chi connectivity index (χ4v) is 8.35. The molecule has 0 radical (unpaired) electrons. The number of allylic oxidation sites excluding steroid dienone is 4. The molecule has 4 heteroatoms. The predicted molar refractivity (Wildman–Crippen MR) is 195 cm³/mol. The molecule has 0 saturated heterocycles. The van der Waals surface area contributed by atoms with E-state index in [0.29, 0.717) is 11.5 Å². The lowest BCUT2D eigenvalue weighted by Crippen LogP contribution is -2.34. The van der Waals surface area contributed by atoms with Crippen LogP contribution in [0.1, 0.15) is 41.2 Å². The Balaban J connectivity index is 1.21. The Kier molecular flexibility index (Phi) is 5.86. The average molecular weight is 628 g/mol. The first-order valence-corrected chi connectivity index (χ1v) is 16.8. The first kappa shape index (κ1) is 27.8. The molecule has 2 aliphatic carbocycles. The van der Waals surface area contributed by atoms with Crippen molar-refractivity contribution in [1.29, 1.82) is 5.26 Å². The number of benzene rings is 5. The van der Waals surface area contributed by atoms with E-state index in [4.69, 9.17) is 14.7 Å². The molecule has 4 nitrogen and oxygen atoms in total. The van der Waals surface area contributed by atoms with Crippen molar-refractivity contribution in [3.63, 3.8) is 0 Å². The lowest BCUT2D eigenvalue weighted by Gasteiger charge is -2.42. The third-order valence-corrected chi connectivity index (χ3v) is 10.5. The minimum Gasteiger partial charge on any atom is -0.456 e. The molecule has 1 spiro atoms. The van der Waals surface area contributed by atoms with Gasteiger partial charge in [0, 0.05) is 33.0 Å². The summed E-state index contributed by atoms with van der Waals surface area (Å²) < 4.78 is 6.95. The van der Waals surface area contributed by atoms with Gasteiger partial charge in [-0.1, -0.05) is 110 Å². The van der Waals surface area contributed by atoms with Gasteiger partial charge >= 0.3 is 0 Å². The SMILES string of the molecule is CC1C=CC2=C(C1)C1(c3ccccc3Oc3c(-c4ccc5ccc6ccc(-c7ccc(C#N)cc7)nc6c5n4)cccc31)c1ccccc12. The molecule has 3 heterocycles. The molecule has 0 amide bonds. The number of nitrogens with zero attached hydrogens (tertiary/aromatic N) is 3. The summed E-state index contributed by atoms with van der Waals surface area (Å²) in [6.45, 7) is 2.31. The van der Waals surface area contributed by atoms with E-state index >= 15 is 0 Å². The van der Waals surface area contributed by atoms with Gasteiger partial charge in [-0.2, -0.15) is 5.26 Å². The van der Waals surface area contributed by atoms with Crippen molar-refractivity contribution < 1.29 is 4.74 Å². The summed E-state index contributed by atoms with van der Waals surface area (Å²) in [5.41, 5.74) is 13.2. The second-order valence-corrected chi connectivity index (χ2v) is 13.3. The number of nitriles is 1. The molecule has 5 aromatic carbocycles. The summed E-state index contributed by atoms with van der Waals surface area (Å²) >= 11 is 0. The van der Waals surface area contributed by atoms with E-state index < -0.39 is 5.41 Å². The summed E-state index contributed by atoms with van der Waals surface area (Å²) in [7, 11) is 0. The minimum atomic E-state index is -0.466. The summed E-state index contributed by atoms with van der Waals surface area (Å²) in [6, 6.07) is 46.3. The van der Waals surface area contributed by atoms with E-state index in [-0.39, 0.29) is 0 Å². The number of rotatable bonds is 2. The molecule has 0 N–H and O–H groups in total. The van der Waals surface area contributed by atoms with E-state index in [1.807, 2.05) is 30.3 Å². The van der Waals surface area contributed by atoms with Crippen molar-refractivity contribution in [3.05, 3.63) is 173 Å². The topological polar surface area (TPSA) is 58.8 Å². The van der Waals surface area contributed by atoms with Gasteiger partial charge in [-0.05, 0) is 71.0 Å². The highest BCUT2D eigenvalue weighted by atomic mass is 16.5. The van der Waals surface area contributed by atoms with Gasteiger partial charge in [-0.25, -0.2) is 9.97 Å². The first-order valence-electron chi connectivity index (χ1n) is 16.8. The summed E-state index contributed by atoms with van der Waals surface area (Å²) in [5.74, 6) is 2.17. The predicted octanol–water partition coefficient (Wildman–Crippen LogP) is 10.8.